The number of carboxylic acid groups (broad SMARTS) is 1. The highest BCUT2D eigenvalue weighted by atomic mass is 16.5. The van der Waals surface area contributed by atoms with Crippen LogP contribution in [0, 0.1) is 11.3 Å². The van der Waals surface area contributed by atoms with Crippen LogP contribution >= 0.6 is 0 Å². The van der Waals surface area contributed by atoms with Crippen LogP contribution in [0.1, 0.15) is 59.3 Å². The van der Waals surface area contributed by atoms with E-state index in [0.29, 0.717) is 25.9 Å². The predicted octanol–water partition coefficient (Wildman–Crippen LogP) is 2.26. The summed E-state index contributed by atoms with van der Waals surface area (Å²) in [7, 11) is 0. The molecule has 0 fully saturated rings. The number of unbranched alkanes of at least 4 members (excludes halogenated alkanes) is 1. The maximum absolute atomic E-state index is 13.0. The van der Waals surface area contributed by atoms with Crippen molar-refractivity contribution in [2.45, 2.75) is 65.3 Å². The van der Waals surface area contributed by atoms with Gasteiger partial charge in [-0.3, -0.25) is 24.4 Å². The Morgan fingerprint density at radius 1 is 1.00 bits per heavy atom. The molecule has 0 spiro atoms. The van der Waals surface area contributed by atoms with Crippen molar-refractivity contribution in [1.29, 1.82) is 0 Å². The lowest BCUT2D eigenvalue weighted by Gasteiger charge is -2.31. The molecule has 0 aliphatic rings. The van der Waals surface area contributed by atoms with Gasteiger partial charge in [0.05, 0.1) is 6.61 Å². The molecule has 0 radical (unpaired) electrons. The van der Waals surface area contributed by atoms with E-state index in [4.69, 9.17) is 15.1 Å². The van der Waals surface area contributed by atoms with Gasteiger partial charge in [-0.15, -0.1) is 0 Å². The van der Waals surface area contributed by atoms with Crippen molar-refractivity contribution in [3.05, 3.63) is 30.3 Å². The van der Waals surface area contributed by atoms with E-state index in [1.807, 2.05) is 30.3 Å². The molecule has 1 aromatic carbocycles. The monoisotopic (exact) mass is 479 g/mol. The van der Waals surface area contributed by atoms with Gasteiger partial charge in [-0.2, -0.15) is 0 Å². The molecular formula is C24H37N3O7. The molecule has 190 valence electrons. The number of ether oxygens (including phenoxy) is 1. The number of carbonyl (C=O) groups is 4. The van der Waals surface area contributed by atoms with Crippen LogP contribution in [-0.4, -0.2) is 53.2 Å². The van der Waals surface area contributed by atoms with Crippen molar-refractivity contribution in [2.24, 2.45) is 11.3 Å². The van der Waals surface area contributed by atoms with Crippen molar-refractivity contribution in [2.75, 3.05) is 13.2 Å². The SMILES string of the molecule is CC(C)(C)[C@H](NC(=O)[C@H](CCCCOc1ccccc1)CC(=O)NO)C(=O)NCCCC(=O)O. The molecule has 1 aromatic rings. The summed E-state index contributed by atoms with van der Waals surface area (Å²) >= 11 is 0. The van der Waals surface area contributed by atoms with Crippen LogP contribution in [0.5, 0.6) is 5.75 Å². The summed E-state index contributed by atoms with van der Waals surface area (Å²) in [5.41, 5.74) is 0.927. The first kappa shape index (κ1) is 28.9. The smallest absolute Gasteiger partial charge is 0.303 e. The van der Waals surface area contributed by atoms with Gasteiger partial charge < -0.3 is 20.5 Å². The number of hydrogen-bond acceptors (Lipinski definition) is 6. The summed E-state index contributed by atoms with van der Waals surface area (Å²) in [4.78, 5) is 48.1. The lowest BCUT2D eigenvalue weighted by molar-refractivity contribution is -0.138. The summed E-state index contributed by atoms with van der Waals surface area (Å²) in [5.74, 6) is -2.52. The Kier molecular flexibility index (Phi) is 12.7. The first-order valence-corrected chi connectivity index (χ1v) is 11.4. The number of nitrogens with one attached hydrogen (secondary N) is 3. The minimum absolute atomic E-state index is 0.0703. The molecule has 2 atom stereocenters. The van der Waals surface area contributed by atoms with Crippen LogP contribution in [0.4, 0.5) is 0 Å². The van der Waals surface area contributed by atoms with Gasteiger partial charge in [-0.05, 0) is 43.2 Å². The molecule has 10 nitrogen and oxygen atoms in total. The minimum Gasteiger partial charge on any atom is -0.494 e. The van der Waals surface area contributed by atoms with Gasteiger partial charge in [0.25, 0.3) is 0 Å². The number of hydrogen-bond donors (Lipinski definition) is 5. The van der Waals surface area contributed by atoms with Crippen LogP contribution < -0.4 is 20.9 Å². The standard InChI is InChI=1S/C24H37N3O7/c1-24(2,3)21(23(32)25-14-9-13-20(29)30)26-22(31)17(16-19(28)27-33)10-7-8-15-34-18-11-5-4-6-12-18/h4-6,11-12,17,21,33H,7-10,13-16H2,1-3H3,(H,25,32)(H,26,31)(H,27,28)(H,29,30)/t17-,21-/m1/s1. The Bertz CT molecular complexity index is 794. The molecule has 0 bridgehead atoms. The fourth-order valence-electron chi connectivity index (χ4n) is 3.28. The second-order valence-corrected chi connectivity index (χ2v) is 9.19. The van der Waals surface area contributed by atoms with E-state index in [1.165, 1.54) is 0 Å². The van der Waals surface area contributed by atoms with Crippen molar-refractivity contribution in [3.8, 4) is 5.75 Å². The van der Waals surface area contributed by atoms with E-state index >= 15 is 0 Å². The highest BCUT2D eigenvalue weighted by Crippen LogP contribution is 2.22. The normalized spacial score (nSPS) is 12.8. The molecule has 0 aliphatic heterocycles. The number of aliphatic carboxylic acids is 1. The third kappa shape index (κ3) is 11.6. The van der Waals surface area contributed by atoms with Gasteiger partial charge in [0, 0.05) is 25.3 Å². The van der Waals surface area contributed by atoms with Gasteiger partial charge in [0.1, 0.15) is 11.8 Å². The molecule has 0 saturated heterocycles. The second-order valence-electron chi connectivity index (χ2n) is 9.19. The Labute approximate surface area is 200 Å². The molecule has 0 aromatic heterocycles. The van der Waals surface area contributed by atoms with Crippen LogP contribution in [0.3, 0.4) is 0 Å². The summed E-state index contributed by atoms with van der Waals surface area (Å²) in [6.45, 7) is 6.01. The Balaban J connectivity index is 2.68. The van der Waals surface area contributed by atoms with Crippen LogP contribution in [0.2, 0.25) is 0 Å². The van der Waals surface area contributed by atoms with E-state index in [0.717, 1.165) is 5.75 Å². The molecule has 10 heteroatoms. The van der Waals surface area contributed by atoms with Crippen molar-refractivity contribution in [1.82, 2.24) is 16.1 Å². The minimum atomic E-state index is -0.950. The highest BCUT2D eigenvalue weighted by Gasteiger charge is 2.34. The number of rotatable bonds is 15. The summed E-state index contributed by atoms with van der Waals surface area (Å²) in [6.07, 6.45) is 1.61. The van der Waals surface area contributed by atoms with Gasteiger partial charge in [-0.1, -0.05) is 39.0 Å². The number of carbonyl (C=O) groups excluding carboxylic acids is 3. The molecular weight excluding hydrogens is 442 g/mol. The largest absolute Gasteiger partial charge is 0.494 e. The van der Waals surface area contributed by atoms with Crippen molar-refractivity contribution < 1.29 is 34.2 Å². The van der Waals surface area contributed by atoms with Crippen LogP contribution in [-0.2, 0) is 19.2 Å². The van der Waals surface area contributed by atoms with E-state index in [1.54, 1.807) is 26.3 Å². The van der Waals surface area contributed by atoms with Gasteiger partial charge in [0.15, 0.2) is 0 Å². The number of benzene rings is 1. The zero-order chi connectivity index (χ0) is 25.6. The molecule has 0 saturated carbocycles. The average Bonchev–Trinajstić information content (AvgIpc) is 2.78. The Morgan fingerprint density at radius 3 is 2.26 bits per heavy atom. The molecule has 0 aliphatic carbocycles. The van der Waals surface area contributed by atoms with Crippen molar-refractivity contribution in [3.63, 3.8) is 0 Å². The molecule has 3 amide bonds. The molecule has 0 heterocycles. The Morgan fingerprint density at radius 2 is 1.68 bits per heavy atom. The van der Waals surface area contributed by atoms with E-state index in [-0.39, 0.29) is 25.8 Å². The number of amides is 3. The molecule has 5 N–H and O–H groups in total. The molecule has 1 rings (SSSR count). The van der Waals surface area contributed by atoms with Crippen LogP contribution in [0.25, 0.3) is 0 Å². The highest BCUT2D eigenvalue weighted by molar-refractivity contribution is 5.91. The second kappa shape index (κ2) is 14.9. The summed E-state index contributed by atoms with van der Waals surface area (Å²) < 4.78 is 5.64. The van der Waals surface area contributed by atoms with E-state index in [9.17, 15) is 19.2 Å². The lowest BCUT2D eigenvalue weighted by Crippen LogP contribution is -2.55. The zero-order valence-electron chi connectivity index (χ0n) is 20.1. The third-order valence-electron chi connectivity index (χ3n) is 5.17. The lowest BCUT2D eigenvalue weighted by atomic mass is 9.85. The maximum Gasteiger partial charge on any atom is 0.303 e. The Hall–Kier alpha value is -3.14. The van der Waals surface area contributed by atoms with Gasteiger partial charge >= 0.3 is 5.97 Å². The quantitative estimate of drug-likeness (QED) is 0.147. The fraction of sp³-hybridized carbons (Fsp3) is 0.583. The zero-order valence-corrected chi connectivity index (χ0v) is 20.1. The van der Waals surface area contributed by atoms with E-state index in [2.05, 4.69) is 10.6 Å². The number of hydroxylamine groups is 1. The van der Waals surface area contributed by atoms with Crippen LogP contribution in [0.15, 0.2) is 30.3 Å². The topological polar surface area (TPSA) is 154 Å². The van der Waals surface area contributed by atoms with Gasteiger partial charge in [-0.25, -0.2) is 5.48 Å². The number of carboxylic acids is 1. The van der Waals surface area contributed by atoms with E-state index < -0.39 is 41.1 Å². The van der Waals surface area contributed by atoms with Crippen molar-refractivity contribution >= 4 is 23.7 Å². The average molecular weight is 480 g/mol. The number of para-hydroxylation sites is 1. The maximum atomic E-state index is 13.0. The predicted molar refractivity (Wildman–Crippen MR) is 125 cm³/mol. The first-order chi connectivity index (χ1) is 16.0. The third-order valence-corrected chi connectivity index (χ3v) is 5.17. The first-order valence-electron chi connectivity index (χ1n) is 11.4. The fourth-order valence-corrected chi connectivity index (χ4v) is 3.28. The van der Waals surface area contributed by atoms with Gasteiger partial charge in [0.2, 0.25) is 17.7 Å². The summed E-state index contributed by atoms with van der Waals surface area (Å²) in [6, 6.07) is 8.45. The molecule has 0 unspecified atom stereocenters. The molecule has 34 heavy (non-hydrogen) atoms. The summed E-state index contributed by atoms with van der Waals surface area (Å²) in [5, 5.41) is 23.0.